The molecule has 0 aliphatic heterocycles. The van der Waals surface area contributed by atoms with Crippen LogP contribution in [-0.2, 0) is 9.53 Å². The van der Waals surface area contributed by atoms with Crippen LogP contribution in [0, 0.1) is 13.8 Å². The number of esters is 1. The number of ketones is 1. The molecule has 0 aliphatic rings. The zero-order chi connectivity index (χ0) is 21.6. The first kappa shape index (κ1) is 22.2. The largest absolute Gasteiger partial charge is 0.497 e. The average molecular weight is 402 g/mol. The molecule has 0 radical (unpaired) electrons. The summed E-state index contributed by atoms with van der Waals surface area (Å²) in [6.45, 7) is 6.21. The Hall–Kier alpha value is -3.13. The molecule has 8 heteroatoms. The van der Waals surface area contributed by atoms with E-state index in [2.05, 4.69) is 10.3 Å². The Morgan fingerprint density at radius 1 is 1.14 bits per heavy atom. The Kier molecular flexibility index (Phi) is 7.55. The summed E-state index contributed by atoms with van der Waals surface area (Å²) in [5.41, 5.74) is 2.54. The number of aryl methyl sites for hydroxylation is 1. The second-order valence-electron chi connectivity index (χ2n) is 6.78. The summed E-state index contributed by atoms with van der Waals surface area (Å²) < 4.78 is 9.93. The van der Waals surface area contributed by atoms with Gasteiger partial charge in [0.15, 0.2) is 6.54 Å². The van der Waals surface area contributed by atoms with E-state index in [0.29, 0.717) is 40.5 Å². The lowest BCUT2D eigenvalue weighted by atomic mass is 10.1. The number of anilines is 1. The number of aromatic nitrogens is 1. The van der Waals surface area contributed by atoms with Crippen molar-refractivity contribution in [2.24, 2.45) is 0 Å². The van der Waals surface area contributed by atoms with E-state index in [1.807, 2.05) is 6.92 Å². The predicted octanol–water partition coefficient (Wildman–Crippen LogP) is 1.15. The maximum Gasteiger partial charge on any atom is 0.339 e. The Labute approximate surface area is 170 Å². The second kappa shape index (κ2) is 9.88. The van der Waals surface area contributed by atoms with Gasteiger partial charge in [0.05, 0.1) is 32.0 Å². The zero-order valence-electron chi connectivity index (χ0n) is 17.5. The summed E-state index contributed by atoms with van der Waals surface area (Å²) in [7, 11) is 2.87. The molecular formula is C21H28N3O5+. The Balaban J connectivity index is 2.04. The quantitative estimate of drug-likeness (QED) is 0.431. The van der Waals surface area contributed by atoms with Crippen LogP contribution in [0.5, 0.6) is 5.75 Å². The number of H-pyrrole nitrogens is 1. The van der Waals surface area contributed by atoms with Crippen molar-refractivity contribution in [1.29, 1.82) is 0 Å². The molecule has 1 atom stereocenters. The van der Waals surface area contributed by atoms with Crippen LogP contribution in [0.1, 0.15) is 39.0 Å². The topological polar surface area (TPSA) is 102 Å². The first-order valence-electron chi connectivity index (χ1n) is 9.38. The van der Waals surface area contributed by atoms with Crippen LogP contribution in [0.15, 0.2) is 24.3 Å². The van der Waals surface area contributed by atoms with E-state index in [4.69, 9.17) is 9.47 Å². The van der Waals surface area contributed by atoms with Crippen LogP contribution in [0.3, 0.4) is 0 Å². The lowest BCUT2D eigenvalue weighted by Gasteiger charge is -2.16. The molecule has 0 aliphatic carbocycles. The summed E-state index contributed by atoms with van der Waals surface area (Å²) >= 11 is 0. The summed E-state index contributed by atoms with van der Waals surface area (Å²) in [6, 6.07) is 7.09. The van der Waals surface area contributed by atoms with Crippen molar-refractivity contribution < 1.29 is 28.8 Å². The summed E-state index contributed by atoms with van der Waals surface area (Å²) in [5, 5.41) is 2.82. The number of rotatable bonds is 9. The molecule has 156 valence electrons. The molecule has 0 saturated carbocycles. The number of carbonyl (C=O) groups excluding carboxylic acids is 3. The van der Waals surface area contributed by atoms with Crippen LogP contribution < -0.4 is 15.0 Å². The first-order chi connectivity index (χ1) is 13.8. The van der Waals surface area contributed by atoms with Crippen molar-refractivity contribution >= 4 is 23.3 Å². The van der Waals surface area contributed by atoms with Gasteiger partial charge in [-0.2, -0.15) is 0 Å². The molecule has 2 aromatic rings. The van der Waals surface area contributed by atoms with Crippen molar-refractivity contribution in [3.63, 3.8) is 0 Å². The number of hydrogen-bond donors (Lipinski definition) is 3. The monoisotopic (exact) mass is 402 g/mol. The third-order valence-corrected chi connectivity index (χ3v) is 4.78. The number of amides is 1. The van der Waals surface area contributed by atoms with Crippen molar-refractivity contribution in [3.8, 4) is 5.75 Å². The van der Waals surface area contributed by atoms with Crippen LogP contribution in [-0.4, -0.2) is 56.5 Å². The van der Waals surface area contributed by atoms with Gasteiger partial charge in [-0.15, -0.1) is 0 Å². The summed E-state index contributed by atoms with van der Waals surface area (Å²) in [6.07, 6.45) is 0. The first-order valence-corrected chi connectivity index (χ1v) is 9.38. The molecule has 2 rings (SSSR count). The number of benzene rings is 1. The van der Waals surface area contributed by atoms with Gasteiger partial charge >= 0.3 is 5.97 Å². The van der Waals surface area contributed by atoms with E-state index in [1.165, 1.54) is 7.11 Å². The van der Waals surface area contributed by atoms with Crippen LogP contribution in [0.25, 0.3) is 0 Å². The molecule has 0 spiro atoms. The van der Waals surface area contributed by atoms with Crippen LogP contribution in [0.2, 0.25) is 0 Å². The SMILES string of the molecule is CC[NH+](CC(=O)Nc1cccc(OC)c1)CC(=O)c1[nH]c(C)c(C(=O)OC)c1C. The van der Waals surface area contributed by atoms with Gasteiger partial charge in [0.2, 0.25) is 5.78 Å². The van der Waals surface area contributed by atoms with Crippen molar-refractivity contribution in [1.82, 2.24) is 4.98 Å². The number of carbonyl (C=O) groups is 3. The number of nitrogens with one attached hydrogen (secondary N) is 3. The number of aromatic amines is 1. The molecular weight excluding hydrogens is 374 g/mol. The fraction of sp³-hybridized carbons (Fsp3) is 0.381. The third kappa shape index (κ3) is 5.45. The number of quaternary nitrogens is 1. The van der Waals surface area contributed by atoms with E-state index >= 15 is 0 Å². The highest BCUT2D eigenvalue weighted by atomic mass is 16.5. The van der Waals surface area contributed by atoms with E-state index in [0.717, 1.165) is 4.90 Å². The van der Waals surface area contributed by atoms with Crippen molar-refractivity contribution in [3.05, 3.63) is 46.8 Å². The number of ether oxygens (including phenoxy) is 2. The molecule has 1 aromatic carbocycles. The second-order valence-corrected chi connectivity index (χ2v) is 6.78. The molecule has 0 fully saturated rings. The van der Waals surface area contributed by atoms with Gasteiger partial charge in [0, 0.05) is 17.4 Å². The minimum Gasteiger partial charge on any atom is -0.497 e. The number of Topliss-reactive ketones (excluding diaryl/α,β-unsaturated/α-hetero) is 1. The third-order valence-electron chi connectivity index (χ3n) is 4.78. The molecule has 29 heavy (non-hydrogen) atoms. The van der Waals surface area contributed by atoms with Crippen LogP contribution >= 0.6 is 0 Å². The maximum absolute atomic E-state index is 12.8. The van der Waals surface area contributed by atoms with Gasteiger partial charge < -0.3 is 24.7 Å². The smallest absolute Gasteiger partial charge is 0.339 e. The fourth-order valence-electron chi connectivity index (χ4n) is 3.20. The number of methoxy groups -OCH3 is 2. The van der Waals surface area contributed by atoms with Gasteiger partial charge in [-0.1, -0.05) is 6.07 Å². The number of hydrogen-bond acceptors (Lipinski definition) is 5. The highest BCUT2D eigenvalue weighted by Crippen LogP contribution is 2.19. The van der Waals surface area contributed by atoms with Gasteiger partial charge in [-0.25, -0.2) is 4.79 Å². The Morgan fingerprint density at radius 2 is 1.86 bits per heavy atom. The molecule has 1 unspecified atom stereocenters. The van der Waals surface area contributed by atoms with E-state index in [-0.39, 0.29) is 24.8 Å². The van der Waals surface area contributed by atoms with Gasteiger partial charge in [0.25, 0.3) is 5.91 Å². The fourth-order valence-corrected chi connectivity index (χ4v) is 3.20. The molecule has 3 N–H and O–H groups in total. The lowest BCUT2D eigenvalue weighted by Crippen LogP contribution is -3.13. The van der Waals surface area contributed by atoms with Crippen molar-refractivity contribution in [2.75, 3.05) is 39.2 Å². The maximum atomic E-state index is 12.8. The average Bonchev–Trinajstić information content (AvgIpc) is 3.01. The molecule has 1 aromatic heterocycles. The molecule has 8 nitrogen and oxygen atoms in total. The predicted molar refractivity (Wildman–Crippen MR) is 109 cm³/mol. The van der Waals surface area contributed by atoms with E-state index in [9.17, 15) is 14.4 Å². The molecule has 0 bridgehead atoms. The molecule has 0 saturated heterocycles. The molecule has 1 heterocycles. The van der Waals surface area contributed by atoms with Gasteiger partial charge in [-0.05, 0) is 38.5 Å². The lowest BCUT2D eigenvalue weighted by molar-refractivity contribution is -0.881. The standard InChI is InChI=1S/C21H27N3O5/c1-6-24(12-18(26)23-15-8-7-9-16(10-15)28-4)11-17(25)20-13(2)19(14(3)22-20)21(27)29-5/h7-10,22H,6,11-12H2,1-5H3,(H,23,26)/p+1. The van der Waals surface area contributed by atoms with Gasteiger partial charge in [0.1, 0.15) is 12.3 Å². The molecule has 1 amide bonds. The summed E-state index contributed by atoms with van der Waals surface area (Å²) in [5.74, 6) is -0.186. The highest BCUT2D eigenvalue weighted by molar-refractivity contribution is 6.02. The Morgan fingerprint density at radius 3 is 2.48 bits per heavy atom. The minimum atomic E-state index is -0.479. The van der Waals surface area contributed by atoms with Crippen molar-refractivity contribution in [2.45, 2.75) is 20.8 Å². The normalized spacial score (nSPS) is 11.6. The highest BCUT2D eigenvalue weighted by Gasteiger charge is 2.25. The van der Waals surface area contributed by atoms with Crippen LogP contribution in [0.4, 0.5) is 5.69 Å². The summed E-state index contributed by atoms with van der Waals surface area (Å²) in [4.78, 5) is 40.9. The van der Waals surface area contributed by atoms with E-state index < -0.39 is 5.97 Å². The Bertz CT molecular complexity index is 904. The number of likely N-dealkylation sites (N-methyl/N-ethyl adjacent to an activating group) is 1. The van der Waals surface area contributed by atoms with Gasteiger partial charge in [-0.3, -0.25) is 9.59 Å². The zero-order valence-corrected chi connectivity index (χ0v) is 17.5. The van der Waals surface area contributed by atoms with E-state index in [1.54, 1.807) is 45.2 Å². The minimum absolute atomic E-state index is 0.128.